The first kappa shape index (κ1) is 30.4. The number of rotatable bonds is 10. The number of hydrogen-bond donors (Lipinski definition) is 0. The van der Waals surface area contributed by atoms with Crippen LogP contribution in [0.2, 0.25) is 0 Å². The summed E-state index contributed by atoms with van der Waals surface area (Å²) >= 11 is 0. The Morgan fingerprint density at radius 3 is 1.35 bits per heavy atom. The van der Waals surface area contributed by atoms with Crippen LogP contribution in [0.15, 0.2) is 84.9 Å². The summed E-state index contributed by atoms with van der Waals surface area (Å²) in [6, 6.07) is 26.5. The number of carbonyl (C=O) groups is 2. The van der Waals surface area contributed by atoms with Crippen LogP contribution in [-0.2, 0) is 45.8 Å². The fourth-order valence-electron chi connectivity index (χ4n) is 3.49. The average Bonchev–Trinajstić information content (AvgIpc) is 2.93. The second kappa shape index (κ2) is 16.8. The molecule has 37 heavy (non-hydrogen) atoms. The van der Waals surface area contributed by atoms with Crippen LogP contribution in [0.5, 0.6) is 0 Å². The third-order valence-corrected chi connectivity index (χ3v) is 5.45. The fraction of sp³-hybridized carbons (Fsp3) is 0.267. The van der Waals surface area contributed by atoms with Crippen molar-refractivity contribution in [1.29, 1.82) is 0 Å². The zero-order chi connectivity index (χ0) is 25.6. The van der Waals surface area contributed by atoms with Crippen LogP contribution in [0, 0.1) is 0 Å². The van der Waals surface area contributed by atoms with E-state index in [1.54, 1.807) is 12.1 Å². The van der Waals surface area contributed by atoms with E-state index < -0.39 is 11.9 Å². The van der Waals surface area contributed by atoms with Crippen LogP contribution in [0.1, 0.15) is 60.2 Å². The van der Waals surface area contributed by atoms with Gasteiger partial charge in [-0.25, -0.2) is 9.59 Å². The molecule has 192 valence electrons. The van der Waals surface area contributed by atoms with Gasteiger partial charge < -0.3 is 0 Å². The molecule has 4 rings (SSSR count). The first-order valence-corrected chi connectivity index (χ1v) is 12.3. The van der Waals surface area contributed by atoms with Gasteiger partial charge in [0.1, 0.15) is 0 Å². The standard InChI is InChI=1S/2C15H16O3.Zr/c2*1-2-3-11-17-18-15(16)14-10-6-8-12-7-4-5-9-13(12)14;/h2*4-10H,2-3,11H2,1H3;. The van der Waals surface area contributed by atoms with Gasteiger partial charge in [-0.15, -0.1) is 0 Å². The number of hydrogen-bond acceptors (Lipinski definition) is 6. The molecule has 0 aliphatic carbocycles. The van der Waals surface area contributed by atoms with Crippen molar-refractivity contribution in [2.24, 2.45) is 0 Å². The quantitative estimate of drug-likeness (QED) is 0.110. The van der Waals surface area contributed by atoms with Gasteiger partial charge >= 0.3 is 11.9 Å². The zero-order valence-electron chi connectivity index (χ0n) is 21.3. The molecule has 0 bridgehead atoms. The first-order valence-electron chi connectivity index (χ1n) is 12.3. The Labute approximate surface area is 236 Å². The van der Waals surface area contributed by atoms with E-state index in [1.807, 2.05) is 72.8 Å². The fourth-order valence-corrected chi connectivity index (χ4v) is 3.49. The molecule has 7 heteroatoms. The summed E-state index contributed by atoms with van der Waals surface area (Å²) in [7, 11) is 0. The maximum Gasteiger partial charge on any atom is 0.373 e. The Morgan fingerprint density at radius 1 is 0.568 bits per heavy atom. The van der Waals surface area contributed by atoms with Gasteiger partial charge in [-0.2, -0.15) is 9.78 Å². The van der Waals surface area contributed by atoms with Gasteiger partial charge in [0.25, 0.3) is 0 Å². The maximum atomic E-state index is 11.9. The number of unbranched alkanes of at least 4 members (excludes halogenated alkanes) is 2. The van der Waals surface area contributed by atoms with Crippen molar-refractivity contribution in [2.75, 3.05) is 13.2 Å². The SMILES string of the molecule is CCCCOOC(=O)c1cccc2ccccc12.CCCCOOC(=O)c1cccc2ccccc12.[Zr]. The molecule has 0 radical (unpaired) electrons. The summed E-state index contributed by atoms with van der Waals surface area (Å²) in [5, 5.41) is 3.79. The van der Waals surface area contributed by atoms with Crippen molar-refractivity contribution in [3.63, 3.8) is 0 Å². The minimum atomic E-state index is -0.442. The van der Waals surface area contributed by atoms with E-state index in [1.165, 1.54) is 0 Å². The summed E-state index contributed by atoms with van der Waals surface area (Å²) in [6.07, 6.45) is 3.77. The summed E-state index contributed by atoms with van der Waals surface area (Å²) in [5.41, 5.74) is 1.06. The number of fused-ring (bicyclic) bond motifs is 2. The molecule has 0 aromatic heterocycles. The Hall–Kier alpha value is -2.86. The van der Waals surface area contributed by atoms with Crippen LogP contribution >= 0.6 is 0 Å². The van der Waals surface area contributed by atoms with Crippen molar-refractivity contribution in [2.45, 2.75) is 39.5 Å². The van der Waals surface area contributed by atoms with Gasteiger partial charge in [0, 0.05) is 26.2 Å². The van der Waals surface area contributed by atoms with Gasteiger partial charge in [-0.05, 0) is 46.5 Å². The Bertz CT molecular complexity index is 1160. The van der Waals surface area contributed by atoms with Gasteiger partial charge in [0.15, 0.2) is 0 Å². The molecule has 0 spiro atoms. The van der Waals surface area contributed by atoms with Gasteiger partial charge in [-0.1, -0.05) is 99.5 Å². The van der Waals surface area contributed by atoms with Gasteiger partial charge in [0.2, 0.25) is 0 Å². The minimum Gasteiger partial charge on any atom is -0.293 e. The average molecular weight is 580 g/mol. The first-order chi connectivity index (χ1) is 17.7. The maximum absolute atomic E-state index is 11.9. The zero-order valence-corrected chi connectivity index (χ0v) is 23.7. The summed E-state index contributed by atoms with van der Waals surface area (Å²) in [5.74, 6) is -0.884. The smallest absolute Gasteiger partial charge is 0.293 e. The van der Waals surface area contributed by atoms with Crippen molar-refractivity contribution >= 4 is 33.5 Å². The molecule has 0 aliphatic heterocycles. The summed E-state index contributed by atoms with van der Waals surface area (Å²) in [4.78, 5) is 43.1. The predicted molar refractivity (Wildman–Crippen MR) is 140 cm³/mol. The van der Waals surface area contributed by atoms with Gasteiger partial charge in [-0.3, -0.25) is 9.78 Å². The molecule has 0 heterocycles. The van der Waals surface area contributed by atoms with Crippen molar-refractivity contribution in [3.05, 3.63) is 96.1 Å². The van der Waals surface area contributed by atoms with E-state index >= 15 is 0 Å². The summed E-state index contributed by atoms with van der Waals surface area (Å²) < 4.78 is 0. The Morgan fingerprint density at radius 2 is 0.946 bits per heavy atom. The predicted octanol–water partition coefficient (Wildman–Crippen LogP) is 7.45. The van der Waals surface area contributed by atoms with E-state index in [4.69, 9.17) is 19.6 Å². The molecule has 0 fully saturated rings. The molecule has 0 saturated carbocycles. The summed E-state index contributed by atoms with van der Waals surface area (Å²) in [6.45, 7) is 4.98. The molecule has 0 unspecified atom stereocenters. The topological polar surface area (TPSA) is 71.1 Å². The molecule has 0 aliphatic rings. The van der Waals surface area contributed by atoms with Crippen molar-refractivity contribution < 1.29 is 55.3 Å². The number of benzene rings is 4. The van der Waals surface area contributed by atoms with E-state index in [2.05, 4.69) is 13.8 Å². The monoisotopic (exact) mass is 578 g/mol. The molecule has 0 saturated heterocycles. The Kier molecular flexibility index (Phi) is 13.8. The second-order valence-corrected chi connectivity index (χ2v) is 8.15. The largest absolute Gasteiger partial charge is 0.373 e. The van der Waals surface area contributed by atoms with E-state index in [-0.39, 0.29) is 26.2 Å². The second-order valence-electron chi connectivity index (χ2n) is 8.15. The molecule has 0 N–H and O–H groups in total. The molecular formula is C30H32O6Zr. The van der Waals surface area contributed by atoms with Crippen LogP contribution in [0.25, 0.3) is 21.5 Å². The third-order valence-electron chi connectivity index (χ3n) is 5.45. The molecule has 4 aromatic carbocycles. The minimum absolute atomic E-state index is 0. The molecule has 6 nitrogen and oxygen atoms in total. The third kappa shape index (κ3) is 9.19. The number of carbonyl (C=O) groups excluding carboxylic acids is 2. The molecular weight excluding hydrogens is 548 g/mol. The van der Waals surface area contributed by atoms with E-state index in [0.29, 0.717) is 24.3 Å². The molecule has 4 aromatic rings. The van der Waals surface area contributed by atoms with Crippen LogP contribution in [-0.4, -0.2) is 25.2 Å². The van der Waals surface area contributed by atoms with E-state index in [0.717, 1.165) is 47.2 Å². The van der Waals surface area contributed by atoms with Crippen LogP contribution in [0.4, 0.5) is 0 Å². The normalized spacial score (nSPS) is 10.2. The van der Waals surface area contributed by atoms with Crippen molar-refractivity contribution in [3.8, 4) is 0 Å². The van der Waals surface area contributed by atoms with Gasteiger partial charge in [0.05, 0.1) is 24.3 Å². The van der Waals surface area contributed by atoms with Crippen LogP contribution < -0.4 is 0 Å². The van der Waals surface area contributed by atoms with E-state index in [9.17, 15) is 9.59 Å². The van der Waals surface area contributed by atoms with Crippen molar-refractivity contribution in [1.82, 2.24) is 0 Å². The molecule has 0 atom stereocenters. The molecule has 0 amide bonds. The van der Waals surface area contributed by atoms with Crippen LogP contribution in [0.3, 0.4) is 0 Å². The Balaban J connectivity index is 0.000000253.